The molecule has 28 heteroatoms. The molecule has 0 bridgehead atoms. The van der Waals surface area contributed by atoms with E-state index < -0.39 is 28.6 Å². The van der Waals surface area contributed by atoms with Gasteiger partial charge < -0.3 is 69.4 Å². The first-order valence-electron chi connectivity index (χ1n) is 25.0. The van der Waals surface area contributed by atoms with Gasteiger partial charge in [-0.3, -0.25) is 43.7 Å². The van der Waals surface area contributed by atoms with Crippen LogP contribution in [-0.2, 0) is 44.3 Å². The van der Waals surface area contributed by atoms with Crippen molar-refractivity contribution in [2.45, 2.75) is 25.8 Å². The normalized spacial score (nSPS) is 13.0. The lowest BCUT2D eigenvalue weighted by atomic mass is 10.0. The Kier molecular flexibility index (Phi) is 16.8. The highest BCUT2D eigenvalue weighted by molar-refractivity contribution is 6.11. The fraction of sp³-hybridized carbons (Fsp3) is 0.380. The van der Waals surface area contributed by atoms with Crippen LogP contribution in [0.1, 0.15) is 61.7 Å². The summed E-state index contributed by atoms with van der Waals surface area (Å²) in [4.78, 5) is 125. The predicted octanol–water partition coefficient (Wildman–Crippen LogP) is 0.717. The van der Waals surface area contributed by atoms with Gasteiger partial charge in [0.2, 0.25) is 35.1 Å². The van der Waals surface area contributed by atoms with Crippen LogP contribution in [0.25, 0.3) is 28.1 Å². The highest BCUT2D eigenvalue weighted by atomic mass is 16.6. The van der Waals surface area contributed by atoms with E-state index in [2.05, 4.69) is 68.2 Å². The summed E-state index contributed by atoms with van der Waals surface area (Å²) in [6.07, 6.45) is 7.26. The Bertz CT molecular complexity index is 3560. The molecule has 0 atom stereocenters. The summed E-state index contributed by atoms with van der Waals surface area (Å²) in [7, 11) is 9.75. The first-order chi connectivity index (χ1) is 37.2. The van der Waals surface area contributed by atoms with Crippen LogP contribution in [0.2, 0.25) is 0 Å². The molecule has 0 saturated carbocycles. The van der Waals surface area contributed by atoms with Crippen molar-refractivity contribution >= 4 is 92.5 Å². The van der Waals surface area contributed by atoms with Crippen molar-refractivity contribution in [3.63, 3.8) is 0 Å². The zero-order valence-corrected chi connectivity index (χ0v) is 44.1. The maximum atomic E-state index is 13.5. The molecule has 6 heterocycles. The molecule has 78 heavy (non-hydrogen) atoms. The number of carbonyl (C=O) groups is 6. The van der Waals surface area contributed by atoms with Crippen LogP contribution < -0.4 is 42.8 Å². The molecule has 6 N–H and O–H groups in total. The molecule has 28 nitrogen and oxygen atoms in total. The Morgan fingerprint density at radius 2 is 1.12 bits per heavy atom. The van der Waals surface area contributed by atoms with E-state index in [9.17, 15) is 43.7 Å². The number of hydrogen-bond donors (Lipinski definition) is 6. The van der Waals surface area contributed by atoms with Gasteiger partial charge in [-0.25, -0.2) is 19.9 Å². The number of aryl methyl sites for hydroxylation is 4. The van der Waals surface area contributed by atoms with E-state index in [1.165, 1.54) is 55.2 Å². The van der Waals surface area contributed by atoms with Crippen LogP contribution in [0.5, 0.6) is 0 Å². The molecule has 2 aromatic carbocycles. The first kappa shape index (κ1) is 55.1. The highest BCUT2D eigenvalue weighted by Crippen LogP contribution is 2.27. The van der Waals surface area contributed by atoms with Gasteiger partial charge in [-0.2, -0.15) is 0 Å². The summed E-state index contributed by atoms with van der Waals surface area (Å²) >= 11 is 0. The van der Waals surface area contributed by atoms with Gasteiger partial charge in [0.15, 0.2) is 23.3 Å². The molecular formula is C50H61N19O9. The Balaban J connectivity index is 0.717. The van der Waals surface area contributed by atoms with E-state index in [0.717, 1.165) is 51.1 Å². The third-order valence-corrected chi connectivity index (χ3v) is 13.0. The van der Waals surface area contributed by atoms with E-state index in [4.69, 9.17) is 0 Å². The van der Waals surface area contributed by atoms with Gasteiger partial charge in [-0.1, -0.05) is 24.8 Å². The number of hydrogen-bond acceptors (Lipinski definition) is 16. The molecule has 1 aliphatic heterocycles. The maximum absolute atomic E-state index is 13.5. The molecule has 1 aliphatic rings. The molecule has 0 radical (unpaired) electrons. The Morgan fingerprint density at radius 3 is 1.62 bits per heavy atom. The van der Waals surface area contributed by atoms with Gasteiger partial charge in [0, 0.05) is 133 Å². The monoisotopic (exact) mass is 1070 g/mol. The number of anilines is 4. The number of aromatic nitrogens is 9. The Labute approximate surface area is 445 Å². The van der Waals surface area contributed by atoms with Crippen LogP contribution in [0.15, 0.2) is 59.9 Å². The van der Waals surface area contributed by atoms with E-state index in [0.29, 0.717) is 41.0 Å². The molecule has 7 aromatic rings. The summed E-state index contributed by atoms with van der Waals surface area (Å²) in [5.41, 5.74) is -0.397. The summed E-state index contributed by atoms with van der Waals surface area (Å²) in [5.74, 6) is -2.98. The number of pyridine rings is 1. The van der Waals surface area contributed by atoms with Crippen molar-refractivity contribution in [3.8, 4) is 0 Å². The minimum absolute atomic E-state index is 0.0130. The largest absolute Gasteiger partial charge is 0.356 e. The molecule has 5 aromatic heterocycles. The van der Waals surface area contributed by atoms with Crippen LogP contribution in [0, 0.1) is 10.1 Å². The number of nitrogens with zero attached hydrogens (tertiary/aromatic N) is 13. The molecule has 0 spiro atoms. The second-order valence-electron chi connectivity index (χ2n) is 19.2. The van der Waals surface area contributed by atoms with Crippen molar-refractivity contribution in [2.24, 2.45) is 28.2 Å². The van der Waals surface area contributed by atoms with Gasteiger partial charge in [0.05, 0.1) is 16.9 Å². The second kappa shape index (κ2) is 23.8. The topological polar surface area (TPSA) is 321 Å². The lowest BCUT2D eigenvalue weighted by Crippen LogP contribution is -2.47. The van der Waals surface area contributed by atoms with Gasteiger partial charge in [0.25, 0.3) is 34.9 Å². The number of nitrogens with one attached hydrogen (secondary N) is 6. The lowest BCUT2D eigenvalue weighted by Gasteiger charge is -2.34. The molecule has 1 saturated heterocycles. The number of carbonyl (C=O) groups excluding carboxylic acids is 6. The van der Waals surface area contributed by atoms with Crippen LogP contribution >= 0.6 is 0 Å². The van der Waals surface area contributed by atoms with Crippen molar-refractivity contribution in [1.29, 1.82) is 0 Å². The molecule has 6 amide bonds. The minimum atomic E-state index is -0.690. The maximum Gasteiger partial charge on any atom is 0.292 e. The third kappa shape index (κ3) is 12.9. The summed E-state index contributed by atoms with van der Waals surface area (Å²) in [5, 5.41) is 30.7. The minimum Gasteiger partial charge on any atom is -0.356 e. The number of non-ortho nitro benzene ring substituents is 1. The fourth-order valence-corrected chi connectivity index (χ4v) is 9.19. The van der Waals surface area contributed by atoms with E-state index in [1.54, 1.807) is 57.8 Å². The van der Waals surface area contributed by atoms with Crippen molar-refractivity contribution in [2.75, 3.05) is 94.3 Å². The number of amides is 6. The third-order valence-electron chi connectivity index (χ3n) is 13.0. The standard InChI is InChI=1S/C50H61N19O9/c1-30-33-12-8-11-31-23-32(69(77)78)24-34(41(31)33)50(76)68(30)18-10-17-67-21-19-66(20-22-67)16-9-14-51-39(70)13-15-52-46(72)42-55-36(26-62(42)4)58-48(74)44-57-38(28-64(44)6)60-49(75)45-56-37(27-65(45)7)59-47(73)43-54-35(25-63(43)5)53-40(71)29-61(2)3/h8,11-12,23-28H,1,9-10,13-22,29H2,2-7H3,(H,51,70)(H,52,72)(H,53,71)(H,58,74)(H,59,73)(H,60,75). The summed E-state index contributed by atoms with van der Waals surface area (Å²) < 4.78 is 7.25. The summed E-state index contributed by atoms with van der Waals surface area (Å²) in [6.45, 7) is 10.3. The van der Waals surface area contributed by atoms with Crippen molar-refractivity contribution in [3.05, 3.63) is 104 Å². The van der Waals surface area contributed by atoms with Crippen molar-refractivity contribution < 1.29 is 33.7 Å². The molecule has 0 unspecified atom stereocenters. The molecule has 410 valence electrons. The molecule has 0 aliphatic carbocycles. The average molecular weight is 1070 g/mol. The van der Waals surface area contributed by atoms with Gasteiger partial charge in [-0.05, 0) is 45.4 Å². The number of rotatable bonds is 22. The molecule has 1 fully saturated rings. The van der Waals surface area contributed by atoms with E-state index in [1.807, 2.05) is 12.1 Å². The van der Waals surface area contributed by atoms with Crippen LogP contribution in [0.3, 0.4) is 0 Å². The Hall–Kier alpha value is -9.15. The zero-order chi connectivity index (χ0) is 55.9. The number of benzene rings is 2. The van der Waals surface area contributed by atoms with E-state index in [-0.39, 0.29) is 89.1 Å². The number of imidazole rings is 4. The van der Waals surface area contributed by atoms with Crippen LogP contribution in [0.4, 0.5) is 29.0 Å². The smallest absolute Gasteiger partial charge is 0.292 e. The SMILES string of the molecule is C=c1c2cccc3cc([N+](=O)[O-])cc(c(=O)n1CCCN1CCN(CCCNC(=O)CCNC(=O)c4nc(NC(=O)c5nc(NC(=O)c6nc(NC(=O)c7nc(NC(=O)CN(C)C)cn7C)cn6C)cn5C)cn4C)CC1)c32. The number of nitro groups is 1. The highest BCUT2D eigenvalue weighted by Gasteiger charge is 2.24. The van der Waals surface area contributed by atoms with Gasteiger partial charge >= 0.3 is 0 Å². The number of nitro benzene ring substituents is 1. The van der Waals surface area contributed by atoms with Gasteiger partial charge in [-0.15, -0.1) is 0 Å². The average Bonchev–Trinajstić information content (AvgIpc) is 4.19. The van der Waals surface area contributed by atoms with Crippen molar-refractivity contribution in [1.82, 2.24) is 68.1 Å². The fourth-order valence-electron chi connectivity index (χ4n) is 9.19. The molecule has 8 rings (SSSR count). The number of piperazine rings is 1. The van der Waals surface area contributed by atoms with Gasteiger partial charge in [0.1, 0.15) is 0 Å². The predicted molar refractivity (Wildman–Crippen MR) is 289 cm³/mol. The lowest BCUT2D eigenvalue weighted by molar-refractivity contribution is -0.384. The van der Waals surface area contributed by atoms with Crippen LogP contribution in [-0.4, -0.2) is 171 Å². The summed E-state index contributed by atoms with van der Waals surface area (Å²) in [6, 6.07) is 8.32. The quantitative estimate of drug-likeness (QED) is 0.0309. The number of likely N-dealkylation sites (N-methyl/N-ethyl adjacent to an activating group) is 1. The van der Waals surface area contributed by atoms with E-state index >= 15 is 0 Å². The Morgan fingerprint density at radius 1 is 0.628 bits per heavy atom. The second-order valence-corrected chi connectivity index (χ2v) is 19.2. The molecular weight excluding hydrogens is 1010 g/mol. The first-order valence-corrected chi connectivity index (χ1v) is 25.0. The zero-order valence-electron chi connectivity index (χ0n) is 44.1.